The topological polar surface area (TPSA) is 54.9 Å². The van der Waals surface area contributed by atoms with Crippen LogP contribution in [0.2, 0.25) is 0 Å². The molecule has 1 aliphatic carbocycles. The Hall–Kier alpha value is -2.76. The Labute approximate surface area is 159 Å². The number of ether oxygens (including phenoxy) is 2. The number of benzene rings is 2. The molecule has 2 atom stereocenters. The van der Waals surface area contributed by atoms with Gasteiger partial charge >= 0.3 is 0 Å². The summed E-state index contributed by atoms with van der Waals surface area (Å²) in [5.41, 5.74) is 1.79. The van der Waals surface area contributed by atoms with E-state index in [1.165, 1.54) is 6.07 Å². The fourth-order valence-corrected chi connectivity index (χ4v) is 3.12. The smallest absolute Gasteiger partial charge is 0.191 e. The van der Waals surface area contributed by atoms with Crippen molar-refractivity contribution < 1.29 is 13.9 Å². The first-order chi connectivity index (χ1) is 13.2. The van der Waals surface area contributed by atoms with Crippen molar-refractivity contribution in [2.75, 3.05) is 20.8 Å². The van der Waals surface area contributed by atoms with E-state index in [9.17, 15) is 4.39 Å². The lowest BCUT2D eigenvalue weighted by Crippen LogP contribution is -2.39. The van der Waals surface area contributed by atoms with Crippen LogP contribution in [-0.4, -0.2) is 32.8 Å². The van der Waals surface area contributed by atoms with Gasteiger partial charge in [-0.25, -0.2) is 9.38 Å². The van der Waals surface area contributed by atoms with Gasteiger partial charge in [-0.2, -0.15) is 0 Å². The first-order valence-electron chi connectivity index (χ1n) is 9.16. The molecule has 1 saturated carbocycles. The van der Waals surface area contributed by atoms with Gasteiger partial charge in [0.05, 0.1) is 20.8 Å². The van der Waals surface area contributed by atoms with E-state index in [0.717, 1.165) is 30.1 Å². The highest BCUT2D eigenvalue weighted by atomic mass is 19.1. The molecule has 2 aromatic rings. The summed E-state index contributed by atoms with van der Waals surface area (Å²) in [5, 5.41) is 6.66. The van der Waals surface area contributed by atoms with Crippen molar-refractivity contribution in [1.82, 2.24) is 10.6 Å². The molecule has 1 fully saturated rings. The molecular weight excluding hydrogens is 345 g/mol. The van der Waals surface area contributed by atoms with Crippen LogP contribution < -0.4 is 20.1 Å². The average molecular weight is 371 g/mol. The number of nitrogens with zero attached hydrogens (tertiary/aromatic N) is 1. The summed E-state index contributed by atoms with van der Waals surface area (Å²) >= 11 is 0. The lowest BCUT2D eigenvalue weighted by atomic mass is 10.1. The van der Waals surface area contributed by atoms with Gasteiger partial charge in [0.2, 0.25) is 0 Å². The molecule has 3 rings (SSSR count). The van der Waals surface area contributed by atoms with Crippen molar-refractivity contribution >= 4 is 5.96 Å². The second-order valence-electron chi connectivity index (χ2n) is 6.50. The van der Waals surface area contributed by atoms with Gasteiger partial charge in [-0.15, -0.1) is 0 Å². The van der Waals surface area contributed by atoms with Crippen LogP contribution in [0.1, 0.15) is 30.4 Å². The molecule has 144 valence electrons. The van der Waals surface area contributed by atoms with E-state index in [4.69, 9.17) is 9.47 Å². The van der Waals surface area contributed by atoms with Crippen LogP contribution in [0, 0.1) is 5.82 Å². The molecule has 2 N–H and O–H groups in total. The lowest BCUT2D eigenvalue weighted by molar-refractivity contribution is 0.354. The van der Waals surface area contributed by atoms with E-state index >= 15 is 0 Å². The van der Waals surface area contributed by atoms with Gasteiger partial charge in [0.1, 0.15) is 5.82 Å². The minimum absolute atomic E-state index is 0.140. The van der Waals surface area contributed by atoms with Gasteiger partial charge in [-0.3, -0.25) is 0 Å². The second kappa shape index (κ2) is 8.75. The van der Waals surface area contributed by atoms with E-state index in [1.807, 2.05) is 37.3 Å². The minimum Gasteiger partial charge on any atom is -0.493 e. The number of hydrogen-bond donors (Lipinski definition) is 2. The molecule has 0 bridgehead atoms. The van der Waals surface area contributed by atoms with Crippen molar-refractivity contribution in [2.45, 2.75) is 31.8 Å². The van der Waals surface area contributed by atoms with Crippen molar-refractivity contribution in [3.63, 3.8) is 0 Å². The maximum absolute atomic E-state index is 13.9. The SMILES string of the molecule is CCNC(=NCc1ccc(OC)c(OC)c1)NC1CC1c1ccccc1F. The molecule has 0 radical (unpaired) electrons. The average Bonchev–Trinajstić information content (AvgIpc) is 3.45. The Bertz CT molecular complexity index is 810. The number of guanidine groups is 1. The van der Waals surface area contributed by atoms with Gasteiger partial charge < -0.3 is 20.1 Å². The van der Waals surface area contributed by atoms with Crippen LogP contribution in [0.25, 0.3) is 0 Å². The minimum atomic E-state index is -0.140. The zero-order valence-electron chi connectivity index (χ0n) is 16.0. The predicted octanol–water partition coefficient (Wildman–Crippen LogP) is 3.45. The number of rotatable bonds is 7. The molecule has 0 heterocycles. The molecule has 2 unspecified atom stereocenters. The van der Waals surface area contributed by atoms with E-state index in [-0.39, 0.29) is 17.8 Å². The first kappa shape index (κ1) is 19.0. The summed E-state index contributed by atoms with van der Waals surface area (Å²) < 4.78 is 24.5. The van der Waals surface area contributed by atoms with E-state index < -0.39 is 0 Å². The van der Waals surface area contributed by atoms with Crippen LogP contribution >= 0.6 is 0 Å². The van der Waals surface area contributed by atoms with Crippen LogP contribution in [0.15, 0.2) is 47.5 Å². The third kappa shape index (κ3) is 4.70. The van der Waals surface area contributed by atoms with E-state index in [0.29, 0.717) is 18.0 Å². The number of aliphatic imine (C=N–C) groups is 1. The molecule has 1 aliphatic rings. The molecule has 6 heteroatoms. The van der Waals surface area contributed by atoms with E-state index in [1.54, 1.807) is 20.3 Å². The summed E-state index contributed by atoms with van der Waals surface area (Å²) in [6.45, 7) is 3.29. The Morgan fingerprint density at radius 1 is 1.15 bits per heavy atom. The molecule has 0 aromatic heterocycles. The maximum Gasteiger partial charge on any atom is 0.191 e. The highest BCUT2D eigenvalue weighted by molar-refractivity contribution is 5.80. The molecule has 0 amide bonds. The number of halogens is 1. The maximum atomic E-state index is 13.9. The fraction of sp³-hybridized carbons (Fsp3) is 0.381. The largest absolute Gasteiger partial charge is 0.493 e. The monoisotopic (exact) mass is 371 g/mol. The van der Waals surface area contributed by atoms with Crippen LogP contribution in [0.4, 0.5) is 4.39 Å². The van der Waals surface area contributed by atoms with Crippen LogP contribution in [0.3, 0.4) is 0 Å². The highest BCUT2D eigenvalue weighted by Crippen LogP contribution is 2.41. The molecule has 0 saturated heterocycles. The summed E-state index contributed by atoms with van der Waals surface area (Å²) in [5.74, 6) is 2.16. The highest BCUT2D eigenvalue weighted by Gasteiger charge is 2.40. The molecule has 0 spiro atoms. The van der Waals surface area contributed by atoms with Gasteiger partial charge in [-0.1, -0.05) is 24.3 Å². The van der Waals surface area contributed by atoms with Crippen molar-refractivity contribution in [1.29, 1.82) is 0 Å². The summed E-state index contributed by atoms with van der Waals surface area (Å²) in [4.78, 5) is 4.65. The Kier molecular flexibility index (Phi) is 6.16. The zero-order chi connectivity index (χ0) is 19.2. The number of methoxy groups -OCH3 is 2. The summed E-state index contributed by atoms with van der Waals surface area (Å²) in [6.07, 6.45) is 0.904. The van der Waals surface area contributed by atoms with Crippen LogP contribution in [-0.2, 0) is 6.54 Å². The Morgan fingerprint density at radius 2 is 1.93 bits per heavy atom. The van der Waals surface area contributed by atoms with Gasteiger partial charge in [-0.05, 0) is 42.7 Å². The Morgan fingerprint density at radius 3 is 2.63 bits per heavy atom. The number of nitrogens with one attached hydrogen (secondary N) is 2. The molecule has 0 aliphatic heterocycles. The fourth-order valence-electron chi connectivity index (χ4n) is 3.12. The van der Waals surface area contributed by atoms with Gasteiger partial charge in [0.25, 0.3) is 0 Å². The molecular formula is C21H26FN3O2. The summed E-state index contributed by atoms with van der Waals surface area (Å²) in [7, 11) is 3.23. The van der Waals surface area contributed by atoms with Crippen LogP contribution in [0.5, 0.6) is 11.5 Å². The Balaban J connectivity index is 1.65. The van der Waals surface area contributed by atoms with Gasteiger partial charge in [0, 0.05) is 18.5 Å². The zero-order valence-corrected chi connectivity index (χ0v) is 16.0. The summed E-state index contributed by atoms with van der Waals surface area (Å²) in [6, 6.07) is 12.9. The van der Waals surface area contributed by atoms with Crippen molar-refractivity contribution in [2.24, 2.45) is 4.99 Å². The third-order valence-electron chi connectivity index (χ3n) is 4.63. The standard InChI is InChI=1S/C21H26FN3O2/c1-4-23-21(24-13-14-9-10-19(26-2)20(11-14)27-3)25-18-12-16(18)15-7-5-6-8-17(15)22/h5-11,16,18H,4,12-13H2,1-3H3,(H2,23,24,25). The normalized spacial score (nSPS) is 18.7. The lowest BCUT2D eigenvalue weighted by Gasteiger charge is -2.12. The van der Waals surface area contributed by atoms with Gasteiger partial charge in [0.15, 0.2) is 17.5 Å². The third-order valence-corrected chi connectivity index (χ3v) is 4.63. The van der Waals surface area contributed by atoms with Crippen molar-refractivity contribution in [3.05, 3.63) is 59.4 Å². The number of hydrogen-bond acceptors (Lipinski definition) is 3. The first-order valence-corrected chi connectivity index (χ1v) is 9.16. The van der Waals surface area contributed by atoms with Crippen molar-refractivity contribution in [3.8, 4) is 11.5 Å². The second-order valence-corrected chi connectivity index (χ2v) is 6.50. The molecule has 2 aromatic carbocycles. The molecule has 27 heavy (non-hydrogen) atoms. The predicted molar refractivity (Wildman–Crippen MR) is 105 cm³/mol. The quantitative estimate of drug-likeness (QED) is 0.578. The molecule has 5 nitrogen and oxygen atoms in total. The van der Waals surface area contributed by atoms with E-state index in [2.05, 4.69) is 15.6 Å².